The first-order valence-corrected chi connectivity index (χ1v) is 10.3. The summed E-state index contributed by atoms with van der Waals surface area (Å²) in [4.78, 5) is 34.3. The third-order valence-corrected chi connectivity index (χ3v) is 5.48. The van der Waals surface area contributed by atoms with Gasteiger partial charge in [-0.25, -0.2) is 0 Å². The molecule has 7 nitrogen and oxygen atoms in total. The number of pyridine rings is 1. The summed E-state index contributed by atoms with van der Waals surface area (Å²) < 4.78 is 10.5. The number of rotatable bonds is 10. The summed E-state index contributed by atoms with van der Waals surface area (Å²) in [7, 11) is 3.23. The molecule has 2 heterocycles. The predicted octanol–water partition coefficient (Wildman–Crippen LogP) is 2.57. The number of carbonyl (C=O) groups is 2. The minimum Gasteiger partial charge on any atom is -0.383 e. The normalized spacial score (nSPS) is 14.0. The second-order valence-corrected chi connectivity index (χ2v) is 7.55. The lowest BCUT2D eigenvalue weighted by atomic mass is 9.99. The van der Waals surface area contributed by atoms with E-state index in [9.17, 15) is 9.59 Å². The fourth-order valence-corrected chi connectivity index (χ4v) is 3.57. The summed E-state index contributed by atoms with van der Waals surface area (Å²) in [5, 5.41) is 0. The summed E-state index contributed by atoms with van der Waals surface area (Å²) in [6.07, 6.45) is 3.31. The monoisotopic (exact) mass is 423 g/mol. The number of carbonyl (C=O) groups excluding carboxylic acids is 2. The first kappa shape index (κ1) is 22.7. The Morgan fingerprint density at radius 3 is 2.13 bits per heavy atom. The number of nitrogens with zero attached hydrogens (tertiary/aromatic N) is 3. The highest BCUT2D eigenvalue weighted by atomic mass is 16.5. The van der Waals surface area contributed by atoms with Crippen LogP contribution in [0.2, 0.25) is 0 Å². The maximum absolute atomic E-state index is 13.5. The van der Waals surface area contributed by atoms with Crippen molar-refractivity contribution < 1.29 is 19.1 Å². The van der Waals surface area contributed by atoms with Crippen LogP contribution in [0.15, 0.2) is 48.4 Å². The average Bonchev–Trinajstić information content (AvgIpc) is 3.01. The molecule has 0 radical (unpaired) electrons. The Morgan fingerprint density at radius 1 is 0.903 bits per heavy atom. The molecule has 3 rings (SSSR count). The summed E-state index contributed by atoms with van der Waals surface area (Å²) in [6, 6.07) is 9.47. The Labute approximate surface area is 183 Å². The van der Waals surface area contributed by atoms with Gasteiger partial charge in [0.15, 0.2) is 0 Å². The maximum atomic E-state index is 13.5. The van der Waals surface area contributed by atoms with Crippen LogP contribution >= 0.6 is 0 Å². The molecular formula is C24H29N3O4. The van der Waals surface area contributed by atoms with Crippen LogP contribution in [0.5, 0.6) is 0 Å². The van der Waals surface area contributed by atoms with E-state index in [0.29, 0.717) is 37.6 Å². The van der Waals surface area contributed by atoms with Gasteiger partial charge in [0.05, 0.1) is 25.3 Å². The molecule has 1 aliphatic heterocycles. The van der Waals surface area contributed by atoms with Gasteiger partial charge in [-0.1, -0.05) is 18.2 Å². The number of hydrogen-bond acceptors (Lipinski definition) is 6. The van der Waals surface area contributed by atoms with E-state index in [1.807, 2.05) is 49.1 Å². The Balaban J connectivity index is 2.07. The van der Waals surface area contributed by atoms with Crippen LogP contribution in [0, 0.1) is 13.8 Å². The summed E-state index contributed by atoms with van der Waals surface area (Å²) in [5.41, 5.74) is 4.61. The van der Waals surface area contributed by atoms with Gasteiger partial charge >= 0.3 is 0 Å². The molecule has 0 bridgehead atoms. The molecule has 0 atom stereocenters. The smallest absolute Gasteiger partial charge is 0.278 e. The second kappa shape index (κ2) is 10.3. The van der Waals surface area contributed by atoms with Crippen molar-refractivity contribution in [2.75, 3.05) is 40.5 Å². The van der Waals surface area contributed by atoms with E-state index in [0.717, 1.165) is 22.3 Å². The third kappa shape index (κ3) is 5.00. The Kier molecular flexibility index (Phi) is 7.55. The fourth-order valence-electron chi connectivity index (χ4n) is 3.57. The van der Waals surface area contributed by atoms with Gasteiger partial charge in [-0.3, -0.25) is 19.5 Å². The largest absolute Gasteiger partial charge is 0.383 e. The number of benzene rings is 1. The third-order valence-electron chi connectivity index (χ3n) is 5.48. The molecule has 31 heavy (non-hydrogen) atoms. The Bertz CT molecular complexity index is 964. The van der Waals surface area contributed by atoms with Crippen molar-refractivity contribution in [1.82, 2.24) is 14.8 Å². The van der Waals surface area contributed by atoms with Crippen LogP contribution in [0.4, 0.5) is 0 Å². The molecule has 1 aliphatic rings. The van der Waals surface area contributed by atoms with Gasteiger partial charge in [0.1, 0.15) is 5.70 Å². The highest BCUT2D eigenvalue weighted by Crippen LogP contribution is 2.33. The van der Waals surface area contributed by atoms with Crippen LogP contribution in [0.3, 0.4) is 0 Å². The Hall–Kier alpha value is -3.03. The quantitative estimate of drug-likeness (QED) is 0.547. The molecule has 0 fully saturated rings. The SMILES string of the molecule is COCCN(CCOC)C1=C(c2ccc(C)c(C)c2)C(=O)N(Cc2ccncc2)C1=O. The van der Waals surface area contributed by atoms with Crippen molar-refractivity contribution in [1.29, 1.82) is 0 Å². The number of methoxy groups -OCH3 is 2. The predicted molar refractivity (Wildman–Crippen MR) is 118 cm³/mol. The summed E-state index contributed by atoms with van der Waals surface area (Å²) in [6.45, 7) is 6.04. The van der Waals surface area contributed by atoms with Crippen molar-refractivity contribution in [3.05, 3.63) is 70.7 Å². The molecule has 1 aromatic carbocycles. The van der Waals surface area contributed by atoms with E-state index in [-0.39, 0.29) is 18.4 Å². The van der Waals surface area contributed by atoms with Crippen molar-refractivity contribution in [3.8, 4) is 0 Å². The number of hydrogen-bond donors (Lipinski definition) is 0. The molecule has 0 saturated carbocycles. The number of imide groups is 1. The van der Waals surface area contributed by atoms with E-state index in [1.54, 1.807) is 26.6 Å². The molecule has 0 saturated heterocycles. The van der Waals surface area contributed by atoms with Crippen LogP contribution in [0.1, 0.15) is 22.3 Å². The lowest BCUT2D eigenvalue weighted by Crippen LogP contribution is -2.37. The van der Waals surface area contributed by atoms with Gasteiger partial charge in [-0.2, -0.15) is 0 Å². The van der Waals surface area contributed by atoms with E-state index in [1.165, 1.54) is 4.90 Å². The number of aromatic nitrogens is 1. The van der Waals surface area contributed by atoms with Crippen LogP contribution < -0.4 is 0 Å². The molecule has 0 aliphatic carbocycles. The molecule has 0 N–H and O–H groups in total. The molecule has 164 valence electrons. The maximum Gasteiger partial charge on any atom is 0.278 e. The molecule has 7 heteroatoms. The molecular weight excluding hydrogens is 394 g/mol. The molecule has 2 amide bonds. The average molecular weight is 424 g/mol. The van der Waals surface area contributed by atoms with E-state index in [4.69, 9.17) is 9.47 Å². The number of ether oxygens (including phenoxy) is 2. The first-order chi connectivity index (χ1) is 15.0. The lowest BCUT2D eigenvalue weighted by molar-refractivity contribution is -0.138. The standard InChI is InChI=1S/C24H29N3O4/c1-17-5-6-20(15-18(17)2)21-22(26(11-13-30-3)12-14-31-4)24(29)27(23(21)28)16-19-7-9-25-10-8-19/h5-10,15H,11-14,16H2,1-4H3. The zero-order valence-corrected chi connectivity index (χ0v) is 18.6. The van der Waals surface area contributed by atoms with Crippen molar-refractivity contribution in [2.24, 2.45) is 0 Å². The highest BCUT2D eigenvalue weighted by molar-refractivity contribution is 6.35. The van der Waals surface area contributed by atoms with Crippen LogP contribution in [-0.2, 0) is 25.6 Å². The molecule has 0 spiro atoms. The molecule has 2 aromatic rings. The zero-order valence-electron chi connectivity index (χ0n) is 18.6. The van der Waals surface area contributed by atoms with Gasteiger partial charge < -0.3 is 14.4 Å². The summed E-state index contributed by atoms with van der Waals surface area (Å²) in [5.74, 6) is -0.595. The minimum absolute atomic E-state index is 0.195. The van der Waals surface area contributed by atoms with Gasteiger partial charge in [0.25, 0.3) is 11.8 Å². The molecule has 0 unspecified atom stereocenters. The van der Waals surface area contributed by atoms with Crippen molar-refractivity contribution in [3.63, 3.8) is 0 Å². The van der Waals surface area contributed by atoms with E-state index >= 15 is 0 Å². The van der Waals surface area contributed by atoms with Gasteiger partial charge in [0.2, 0.25) is 0 Å². The van der Waals surface area contributed by atoms with E-state index < -0.39 is 0 Å². The lowest BCUT2D eigenvalue weighted by Gasteiger charge is -2.25. The first-order valence-electron chi connectivity index (χ1n) is 10.3. The fraction of sp³-hybridized carbons (Fsp3) is 0.375. The zero-order chi connectivity index (χ0) is 22.4. The Morgan fingerprint density at radius 2 is 1.55 bits per heavy atom. The summed E-state index contributed by atoms with van der Waals surface area (Å²) >= 11 is 0. The van der Waals surface area contributed by atoms with Crippen molar-refractivity contribution in [2.45, 2.75) is 20.4 Å². The highest BCUT2D eigenvalue weighted by Gasteiger charge is 2.41. The van der Waals surface area contributed by atoms with Gasteiger partial charge in [-0.15, -0.1) is 0 Å². The molecule has 1 aromatic heterocycles. The number of amides is 2. The van der Waals surface area contributed by atoms with Gasteiger partial charge in [0, 0.05) is 39.7 Å². The second-order valence-electron chi connectivity index (χ2n) is 7.55. The van der Waals surface area contributed by atoms with Gasteiger partial charge in [-0.05, 0) is 48.2 Å². The van der Waals surface area contributed by atoms with Crippen molar-refractivity contribution >= 4 is 17.4 Å². The van der Waals surface area contributed by atoms with Crippen LogP contribution in [-0.4, -0.2) is 67.1 Å². The minimum atomic E-state index is -0.303. The van der Waals surface area contributed by atoms with Crippen LogP contribution in [0.25, 0.3) is 5.57 Å². The topological polar surface area (TPSA) is 72.0 Å². The number of aryl methyl sites for hydroxylation is 2. The van der Waals surface area contributed by atoms with E-state index in [2.05, 4.69) is 4.98 Å².